The van der Waals surface area contributed by atoms with E-state index in [1.807, 2.05) is 0 Å². The van der Waals surface area contributed by atoms with Crippen LogP contribution in [0.3, 0.4) is 0 Å². The van der Waals surface area contributed by atoms with E-state index in [1.54, 1.807) is 0 Å². The van der Waals surface area contributed by atoms with Crippen molar-refractivity contribution in [3.05, 3.63) is 0 Å². The first-order chi connectivity index (χ1) is 5.56. The second-order valence-corrected chi connectivity index (χ2v) is 3.57. The number of amides is 1. The molecule has 1 amide bonds. The number of hydrogen-bond donors (Lipinski definition) is 2. The zero-order valence-corrected chi connectivity index (χ0v) is 8.27. The predicted octanol–water partition coefficient (Wildman–Crippen LogP) is 2.65. The van der Waals surface area contributed by atoms with Crippen LogP contribution in [0.5, 0.6) is 0 Å². The van der Waals surface area contributed by atoms with Crippen LogP contribution < -0.4 is 5.32 Å². The molecule has 4 heteroatoms. The molecule has 0 spiro atoms. The molecule has 2 unspecified atom stereocenters. The van der Waals surface area contributed by atoms with E-state index < -0.39 is 11.6 Å². The van der Waals surface area contributed by atoms with Crippen LogP contribution in [0.15, 0.2) is 0 Å². The normalized spacial score (nSPS) is 15.2. The largest absolute Gasteiger partial charge is 0.465 e. The van der Waals surface area contributed by atoms with Crippen molar-refractivity contribution < 1.29 is 9.90 Å². The monoisotopic (exact) mass is 193 g/mol. The Hall–Kier alpha value is -0.440. The summed E-state index contributed by atoms with van der Waals surface area (Å²) in [6.07, 6.45) is 1.84. The fourth-order valence-electron chi connectivity index (χ4n) is 1.16. The molecule has 0 rings (SSSR count). The molecule has 0 saturated heterocycles. The van der Waals surface area contributed by atoms with E-state index in [0.29, 0.717) is 12.3 Å². The van der Waals surface area contributed by atoms with Gasteiger partial charge in [0.2, 0.25) is 0 Å². The smallest absolute Gasteiger partial charge is 0.405 e. The molecule has 72 valence electrons. The highest BCUT2D eigenvalue weighted by Crippen LogP contribution is 2.14. The van der Waals surface area contributed by atoms with Crippen LogP contribution in [-0.2, 0) is 0 Å². The molecular weight excluding hydrogens is 178 g/mol. The Morgan fingerprint density at radius 2 is 2.25 bits per heavy atom. The van der Waals surface area contributed by atoms with Gasteiger partial charge in [-0.25, -0.2) is 4.79 Å². The molecule has 0 heterocycles. The zero-order chi connectivity index (χ0) is 9.56. The molecule has 2 atom stereocenters. The lowest BCUT2D eigenvalue weighted by Gasteiger charge is -2.14. The average Bonchev–Trinajstić information content (AvgIpc) is 1.84. The van der Waals surface area contributed by atoms with Gasteiger partial charge in [-0.15, -0.1) is 0 Å². The van der Waals surface area contributed by atoms with E-state index in [4.69, 9.17) is 16.7 Å². The molecular formula is C8H16ClNO2. The van der Waals surface area contributed by atoms with Gasteiger partial charge in [-0.2, -0.15) is 0 Å². The number of rotatable bonds is 5. The average molecular weight is 194 g/mol. The topological polar surface area (TPSA) is 49.3 Å². The van der Waals surface area contributed by atoms with E-state index in [-0.39, 0.29) is 0 Å². The summed E-state index contributed by atoms with van der Waals surface area (Å²) in [6, 6.07) is 0. The van der Waals surface area contributed by atoms with Crippen molar-refractivity contribution in [2.24, 2.45) is 5.92 Å². The number of halogens is 1. The van der Waals surface area contributed by atoms with E-state index >= 15 is 0 Å². The molecule has 0 aliphatic rings. The SMILES string of the molecule is CCCC(C)CC(Cl)NC(=O)O. The molecule has 0 aromatic rings. The second-order valence-electron chi connectivity index (χ2n) is 3.05. The number of carboxylic acid groups (broad SMARTS) is 1. The van der Waals surface area contributed by atoms with Crippen LogP contribution in [0.25, 0.3) is 0 Å². The standard InChI is InChI=1S/C8H16ClNO2/c1-3-4-6(2)5-7(9)10-8(11)12/h6-7,10H,3-5H2,1-2H3,(H,11,12). The van der Waals surface area contributed by atoms with Gasteiger partial charge in [0.05, 0.1) is 0 Å². The van der Waals surface area contributed by atoms with Gasteiger partial charge in [0.15, 0.2) is 0 Å². The lowest BCUT2D eigenvalue weighted by Crippen LogP contribution is -2.30. The van der Waals surface area contributed by atoms with Crippen LogP contribution in [0.4, 0.5) is 4.79 Å². The minimum Gasteiger partial charge on any atom is -0.465 e. The first-order valence-electron chi connectivity index (χ1n) is 4.19. The molecule has 0 fully saturated rings. The van der Waals surface area contributed by atoms with Gasteiger partial charge in [0.1, 0.15) is 5.50 Å². The summed E-state index contributed by atoms with van der Waals surface area (Å²) in [4.78, 5) is 10.2. The quantitative estimate of drug-likeness (QED) is 0.521. The van der Waals surface area contributed by atoms with Gasteiger partial charge in [0, 0.05) is 0 Å². The van der Waals surface area contributed by atoms with Crippen molar-refractivity contribution >= 4 is 17.7 Å². The summed E-state index contributed by atoms with van der Waals surface area (Å²) < 4.78 is 0. The molecule has 0 aliphatic heterocycles. The molecule has 0 aromatic heterocycles. The van der Waals surface area contributed by atoms with Crippen LogP contribution in [0.2, 0.25) is 0 Å². The summed E-state index contributed by atoms with van der Waals surface area (Å²) in [5.74, 6) is 0.476. The highest BCUT2D eigenvalue weighted by Gasteiger charge is 2.11. The molecule has 0 aromatic carbocycles. The maximum Gasteiger partial charge on any atom is 0.405 e. The van der Waals surface area contributed by atoms with E-state index in [2.05, 4.69) is 19.2 Å². The Morgan fingerprint density at radius 1 is 1.67 bits per heavy atom. The maximum absolute atomic E-state index is 10.2. The van der Waals surface area contributed by atoms with Gasteiger partial charge in [-0.1, -0.05) is 38.3 Å². The predicted molar refractivity (Wildman–Crippen MR) is 49.5 cm³/mol. The molecule has 2 N–H and O–H groups in total. The fourth-order valence-corrected chi connectivity index (χ4v) is 1.55. The van der Waals surface area contributed by atoms with Crippen molar-refractivity contribution in [2.45, 2.75) is 38.6 Å². The van der Waals surface area contributed by atoms with Gasteiger partial charge in [0.25, 0.3) is 0 Å². The number of hydrogen-bond acceptors (Lipinski definition) is 1. The van der Waals surface area contributed by atoms with Gasteiger partial charge < -0.3 is 10.4 Å². The van der Waals surface area contributed by atoms with Gasteiger partial charge >= 0.3 is 6.09 Å². The fraction of sp³-hybridized carbons (Fsp3) is 0.875. The minimum absolute atomic E-state index is 0.455. The van der Waals surface area contributed by atoms with E-state index in [9.17, 15) is 4.79 Å². The van der Waals surface area contributed by atoms with Crippen LogP contribution in [-0.4, -0.2) is 16.7 Å². The maximum atomic E-state index is 10.2. The van der Waals surface area contributed by atoms with Crippen molar-refractivity contribution in [1.29, 1.82) is 0 Å². The summed E-state index contributed by atoms with van der Waals surface area (Å²) in [7, 11) is 0. The van der Waals surface area contributed by atoms with Gasteiger partial charge in [-0.3, -0.25) is 0 Å². The Bertz CT molecular complexity index is 141. The molecule has 12 heavy (non-hydrogen) atoms. The van der Waals surface area contributed by atoms with Crippen molar-refractivity contribution in [2.75, 3.05) is 0 Å². The van der Waals surface area contributed by atoms with E-state index in [1.165, 1.54) is 0 Å². The minimum atomic E-state index is -1.06. The first kappa shape index (κ1) is 11.6. The third kappa shape index (κ3) is 6.28. The van der Waals surface area contributed by atoms with Crippen molar-refractivity contribution in [3.8, 4) is 0 Å². The summed E-state index contributed by atoms with van der Waals surface area (Å²) in [5, 5.41) is 10.5. The zero-order valence-electron chi connectivity index (χ0n) is 7.51. The highest BCUT2D eigenvalue weighted by molar-refractivity contribution is 6.21. The first-order valence-corrected chi connectivity index (χ1v) is 4.63. The Balaban J connectivity index is 3.53. The Morgan fingerprint density at radius 3 is 2.67 bits per heavy atom. The molecule has 0 aliphatic carbocycles. The molecule has 0 radical (unpaired) electrons. The lowest BCUT2D eigenvalue weighted by molar-refractivity contribution is 0.192. The van der Waals surface area contributed by atoms with Crippen LogP contribution in [0.1, 0.15) is 33.1 Å². The van der Waals surface area contributed by atoms with Crippen LogP contribution >= 0.6 is 11.6 Å². The summed E-state index contributed by atoms with van der Waals surface area (Å²) in [5.41, 5.74) is -0.455. The third-order valence-electron chi connectivity index (χ3n) is 1.67. The third-order valence-corrected chi connectivity index (χ3v) is 1.96. The highest BCUT2D eigenvalue weighted by atomic mass is 35.5. The molecule has 0 saturated carbocycles. The number of nitrogens with one attached hydrogen (secondary N) is 1. The molecule has 0 bridgehead atoms. The second kappa shape index (κ2) is 6.12. The Labute approximate surface area is 78.1 Å². The van der Waals surface area contributed by atoms with Crippen LogP contribution in [0, 0.1) is 5.92 Å². The summed E-state index contributed by atoms with van der Waals surface area (Å²) in [6.45, 7) is 4.17. The lowest BCUT2D eigenvalue weighted by atomic mass is 10.0. The van der Waals surface area contributed by atoms with Crippen molar-refractivity contribution in [3.63, 3.8) is 0 Å². The van der Waals surface area contributed by atoms with Gasteiger partial charge in [-0.05, 0) is 12.3 Å². The van der Waals surface area contributed by atoms with E-state index in [0.717, 1.165) is 12.8 Å². The number of carbonyl (C=O) groups is 1. The molecule has 3 nitrogen and oxygen atoms in total. The number of alkyl halides is 1. The summed E-state index contributed by atoms with van der Waals surface area (Å²) >= 11 is 5.71. The van der Waals surface area contributed by atoms with Crippen molar-refractivity contribution in [1.82, 2.24) is 5.32 Å². The Kier molecular flexibility index (Phi) is 5.89.